The number of esters is 1. The molecule has 0 heterocycles. The number of ether oxygens (including phenoxy) is 1. The van der Waals surface area contributed by atoms with Crippen LogP contribution in [-0.2, 0) is 14.3 Å². The van der Waals surface area contributed by atoms with Crippen LogP contribution in [-0.4, -0.2) is 25.0 Å². The SMILES string of the molecule is CNC(=O)NC(=O)C(OC(=O)/C=C/c1ccc(Cl)cc1)c1ccccc1. The molecule has 2 aromatic rings. The summed E-state index contributed by atoms with van der Waals surface area (Å²) in [6.45, 7) is 0. The number of urea groups is 1. The Bertz CT molecular complexity index is 804. The van der Waals surface area contributed by atoms with Gasteiger partial charge in [-0.3, -0.25) is 10.1 Å². The highest BCUT2D eigenvalue weighted by atomic mass is 35.5. The first-order chi connectivity index (χ1) is 12.5. The van der Waals surface area contributed by atoms with Crippen LogP contribution in [0.1, 0.15) is 17.2 Å². The van der Waals surface area contributed by atoms with Gasteiger partial charge in [-0.1, -0.05) is 54.1 Å². The lowest BCUT2D eigenvalue weighted by molar-refractivity contribution is -0.151. The number of nitrogens with one attached hydrogen (secondary N) is 2. The molecule has 134 valence electrons. The van der Waals surface area contributed by atoms with Gasteiger partial charge < -0.3 is 10.1 Å². The van der Waals surface area contributed by atoms with Gasteiger partial charge in [-0.15, -0.1) is 0 Å². The van der Waals surface area contributed by atoms with Gasteiger partial charge in [0.25, 0.3) is 5.91 Å². The molecule has 0 aliphatic heterocycles. The first-order valence-electron chi connectivity index (χ1n) is 7.71. The lowest BCUT2D eigenvalue weighted by Crippen LogP contribution is -2.41. The van der Waals surface area contributed by atoms with Crippen molar-refractivity contribution in [2.45, 2.75) is 6.10 Å². The van der Waals surface area contributed by atoms with Crippen molar-refractivity contribution in [1.82, 2.24) is 10.6 Å². The van der Waals surface area contributed by atoms with Crippen molar-refractivity contribution in [2.75, 3.05) is 7.05 Å². The molecule has 0 aliphatic rings. The Labute approximate surface area is 155 Å². The minimum absolute atomic E-state index is 0.446. The third kappa shape index (κ3) is 5.75. The maximum atomic E-state index is 12.3. The van der Waals surface area contributed by atoms with Crippen LogP contribution in [0.3, 0.4) is 0 Å². The molecular weight excluding hydrogens is 356 g/mol. The summed E-state index contributed by atoms with van der Waals surface area (Å²) in [5.41, 5.74) is 1.19. The summed E-state index contributed by atoms with van der Waals surface area (Å²) in [6, 6.07) is 14.6. The topological polar surface area (TPSA) is 84.5 Å². The normalized spacial score (nSPS) is 11.6. The number of amides is 3. The second kappa shape index (κ2) is 9.39. The monoisotopic (exact) mass is 372 g/mol. The molecule has 26 heavy (non-hydrogen) atoms. The van der Waals surface area contributed by atoms with Gasteiger partial charge in [-0.05, 0) is 23.8 Å². The molecule has 2 aromatic carbocycles. The minimum atomic E-state index is -1.25. The van der Waals surface area contributed by atoms with Gasteiger partial charge in [-0.2, -0.15) is 0 Å². The Morgan fingerprint density at radius 2 is 1.69 bits per heavy atom. The van der Waals surface area contributed by atoms with Crippen LogP contribution in [0.4, 0.5) is 4.79 Å². The molecule has 0 fully saturated rings. The molecule has 2 rings (SSSR count). The molecule has 6 nitrogen and oxygen atoms in total. The lowest BCUT2D eigenvalue weighted by atomic mass is 10.1. The summed E-state index contributed by atoms with van der Waals surface area (Å²) in [7, 11) is 1.38. The Morgan fingerprint density at radius 1 is 1.04 bits per heavy atom. The zero-order chi connectivity index (χ0) is 18.9. The van der Waals surface area contributed by atoms with E-state index in [0.717, 1.165) is 5.56 Å². The Kier molecular flexibility index (Phi) is 6.93. The Hall–Kier alpha value is -3.12. The number of benzene rings is 2. The number of halogens is 1. The third-order valence-corrected chi connectivity index (χ3v) is 3.57. The molecule has 0 aromatic heterocycles. The van der Waals surface area contributed by atoms with E-state index >= 15 is 0 Å². The average molecular weight is 373 g/mol. The number of imide groups is 1. The van der Waals surface area contributed by atoms with Crippen LogP contribution in [0, 0.1) is 0 Å². The van der Waals surface area contributed by atoms with E-state index in [1.54, 1.807) is 54.6 Å². The van der Waals surface area contributed by atoms with Crippen LogP contribution in [0.2, 0.25) is 5.02 Å². The van der Waals surface area contributed by atoms with Crippen molar-refractivity contribution in [1.29, 1.82) is 0 Å². The highest BCUT2D eigenvalue weighted by Gasteiger charge is 2.25. The quantitative estimate of drug-likeness (QED) is 0.624. The van der Waals surface area contributed by atoms with Gasteiger partial charge in [0.05, 0.1) is 0 Å². The van der Waals surface area contributed by atoms with E-state index in [1.165, 1.54) is 19.2 Å². The number of carbonyl (C=O) groups excluding carboxylic acids is 3. The zero-order valence-electron chi connectivity index (χ0n) is 13.9. The maximum Gasteiger partial charge on any atom is 0.331 e. The second-order valence-corrected chi connectivity index (χ2v) is 5.62. The lowest BCUT2D eigenvalue weighted by Gasteiger charge is -2.16. The largest absolute Gasteiger partial charge is 0.444 e. The van der Waals surface area contributed by atoms with E-state index in [9.17, 15) is 14.4 Å². The fourth-order valence-electron chi connectivity index (χ4n) is 2.03. The molecule has 2 N–H and O–H groups in total. The van der Waals surface area contributed by atoms with E-state index < -0.39 is 24.0 Å². The molecule has 0 spiro atoms. The van der Waals surface area contributed by atoms with Gasteiger partial charge in [0.2, 0.25) is 6.10 Å². The highest BCUT2D eigenvalue weighted by Crippen LogP contribution is 2.18. The molecule has 0 saturated heterocycles. The molecule has 1 atom stereocenters. The maximum absolute atomic E-state index is 12.3. The summed E-state index contributed by atoms with van der Waals surface area (Å²) in [6.07, 6.45) is 1.49. The van der Waals surface area contributed by atoms with Crippen LogP contribution >= 0.6 is 11.6 Å². The Morgan fingerprint density at radius 3 is 2.31 bits per heavy atom. The predicted molar refractivity (Wildman–Crippen MR) is 98.4 cm³/mol. The van der Waals surface area contributed by atoms with E-state index in [0.29, 0.717) is 10.6 Å². The molecule has 1 unspecified atom stereocenters. The molecule has 0 bridgehead atoms. The summed E-state index contributed by atoms with van der Waals surface area (Å²) in [4.78, 5) is 35.8. The molecule has 0 radical (unpaired) electrons. The van der Waals surface area contributed by atoms with E-state index in [4.69, 9.17) is 16.3 Å². The summed E-state index contributed by atoms with van der Waals surface area (Å²) >= 11 is 5.81. The summed E-state index contributed by atoms with van der Waals surface area (Å²) in [5, 5.41) is 4.96. The van der Waals surface area contributed by atoms with Gasteiger partial charge in [0.1, 0.15) is 0 Å². The highest BCUT2D eigenvalue weighted by molar-refractivity contribution is 6.30. The van der Waals surface area contributed by atoms with Gasteiger partial charge in [-0.25, -0.2) is 9.59 Å². The number of hydrogen-bond acceptors (Lipinski definition) is 4. The summed E-state index contributed by atoms with van der Waals surface area (Å²) < 4.78 is 5.25. The van der Waals surface area contributed by atoms with Crippen molar-refractivity contribution >= 4 is 35.6 Å². The van der Waals surface area contributed by atoms with Crippen molar-refractivity contribution in [3.05, 3.63) is 76.8 Å². The molecule has 0 saturated carbocycles. The minimum Gasteiger partial charge on any atom is -0.444 e. The summed E-state index contributed by atoms with van der Waals surface area (Å²) in [5.74, 6) is -1.47. The number of carbonyl (C=O) groups is 3. The molecule has 7 heteroatoms. The van der Waals surface area contributed by atoms with E-state index in [2.05, 4.69) is 10.6 Å². The van der Waals surface area contributed by atoms with Crippen LogP contribution in [0.15, 0.2) is 60.7 Å². The predicted octanol–water partition coefficient (Wildman–Crippen LogP) is 3.09. The smallest absolute Gasteiger partial charge is 0.331 e. The third-order valence-electron chi connectivity index (χ3n) is 3.32. The van der Waals surface area contributed by atoms with Crippen molar-refractivity contribution in [2.24, 2.45) is 0 Å². The van der Waals surface area contributed by atoms with Gasteiger partial charge in [0.15, 0.2) is 0 Å². The fraction of sp³-hybridized carbons (Fsp3) is 0.105. The molecule has 3 amide bonds. The first kappa shape index (κ1) is 19.2. The van der Waals surface area contributed by atoms with E-state index in [1.807, 2.05) is 0 Å². The van der Waals surface area contributed by atoms with Crippen LogP contribution < -0.4 is 10.6 Å². The van der Waals surface area contributed by atoms with Gasteiger partial charge in [0, 0.05) is 23.7 Å². The first-order valence-corrected chi connectivity index (χ1v) is 8.09. The number of hydrogen-bond donors (Lipinski definition) is 2. The molecule has 0 aliphatic carbocycles. The van der Waals surface area contributed by atoms with Crippen LogP contribution in [0.25, 0.3) is 6.08 Å². The fourth-order valence-corrected chi connectivity index (χ4v) is 2.16. The van der Waals surface area contributed by atoms with Crippen molar-refractivity contribution in [3.63, 3.8) is 0 Å². The van der Waals surface area contributed by atoms with Crippen LogP contribution in [0.5, 0.6) is 0 Å². The number of rotatable bonds is 5. The zero-order valence-corrected chi connectivity index (χ0v) is 14.7. The van der Waals surface area contributed by atoms with E-state index in [-0.39, 0.29) is 0 Å². The average Bonchev–Trinajstić information content (AvgIpc) is 2.66. The van der Waals surface area contributed by atoms with Crippen molar-refractivity contribution in [3.8, 4) is 0 Å². The Balaban J connectivity index is 2.12. The molecular formula is C19H17ClN2O4. The van der Waals surface area contributed by atoms with Gasteiger partial charge >= 0.3 is 12.0 Å². The van der Waals surface area contributed by atoms with Crippen molar-refractivity contribution < 1.29 is 19.1 Å². The standard InChI is InChI=1S/C19H17ClN2O4/c1-21-19(25)22-18(24)17(14-5-3-2-4-6-14)26-16(23)12-9-13-7-10-15(20)11-8-13/h2-12,17H,1H3,(H2,21,22,24,25)/b12-9+. The second-order valence-electron chi connectivity index (χ2n) is 5.18.